The lowest BCUT2D eigenvalue weighted by Gasteiger charge is -2.20. The highest BCUT2D eigenvalue weighted by atomic mass is 32.2. The standard InChI is InChI=1S/C14H12F2N2O2S/c15-10-1-3-12(16)14(8-10)21(19,20)18-6-5-9-7-11(17)2-4-13(9)18/h1-4,7-8H,5-6,17H2. The van der Waals surface area contributed by atoms with Crippen molar-refractivity contribution in [1.29, 1.82) is 0 Å². The number of hydrogen-bond donors (Lipinski definition) is 1. The summed E-state index contributed by atoms with van der Waals surface area (Å²) < 4.78 is 53.2. The smallest absolute Gasteiger partial charge is 0.267 e. The first kappa shape index (κ1) is 13.8. The molecule has 0 radical (unpaired) electrons. The molecule has 0 atom stereocenters. The van der Waals surface area contributed by atoms with Crippen LogP contribution in [0.2, 0.25) is 0 Å². The Hall–Kier alpha value is -2.15. The van der Waals surface area contributed by atoms with Gasteiger partial charge in [0, 0.05) is 12.2 Å². The number of benzene rings is 2. The summed E-state index contributed by atoms with van der Waals surface area (Å²) in [5.74, 6) is -1.77. The van der Waals surface area contributed by atoms with Gasteiger partial charge in [0.1, 0.15) is 16.5 Å². The van der Waals surface area contributed by atoms with Gasteiger partial charge in [-0.2, -0.15) is 0 Å². The summed E-state index contributed by atoms with van der Waals surface area (Å²) in [6.45, 7) is 0.178. The van der Waals surface area contributed by atoms with Gasteiger partial charge in [0.2, 0.25) is 0 Å². The van der Waals surface area contributed by atoms with Crippen LogP contribution in [0.4, 0.5) is 20.2 Å². The van der Waals surface area contributed by atoms with Crippen molar-refractivity contribution in [2.75, 3.05) is 16.6 Å². The van der Waals surface area contributed by atoms with E-state index in [0.29, 0.717) is 23.9 Å². The van der Waals surface area contributed by atoms with Crippen LogP contribution in [0.5, 0.6) is 0 Å². The van der Waals surface area contributed by atoms with Crippen LogP contribution in [0.3, 0.4) is 0 Å². The first-order chi connectivity index (χ1) is 9.89. The molecule has 0 saturated heterocycles. The van der Waals surface area contributed by atoms with E-state index in [4.69, 9.17) is 5.73 Å². The fraction of sp³-hybridized carbons (Fsp3) is 0.143. The van der Waals surface area contributed by atoms with E-state index in [9.17, 15) is 17.2 Å². The molecule has 110 valence electrons. The molecular formula is C14H12F2N2O2S. The fourth-order valence-corrected chi connectivity index (χ4v) is 4.02. The lowest BCUT2D eigenvalue weighted by Crippen LogP contribution is -2.29. The Morgan fingerprint density at radius 3 is 2.62 bits per heavy atom. The van der Waals surface area contributed by atoms with Gasteiger partial charge in [-0.15, -0.1) is 0 Å². The molecule has 0 aromatic heterocycles. The van der Waals surface area contributed by atoms with Crippen molar-refractivity contribution < 1.29 is 17.2 Å². The highest BCUT2D eigenvalue weighted by Gasteiger charge is 2.33. The largest absolute Gasteiger partial charge is 0.399 e. The Kier molecular flexibility index (Phi) is 3.09. The lowest BCUT2D eigenvalue weighted by molar-refractivity contribution is 0.551. The third-order valence-electron chi connectivity index (χ3n) is 3.42. The quantitative estimate of drug-likeness (QED) is 0.866. The molecule has 2 N–H and O–H groups in total. The number of anilines is 2. The third kappa shape index (κ3) is 2.23. The molecule has 0 saturated carbocycles. The highest BCUT2D eigenvalue weighted by molar-refractivity contribution is 7.92. The Bertz CT molecular complexity index is 822. The topological polar surface area (TPSA) is 63.4 Å². The number of nitrogens with two attached hydrogens (primary N) is 1. The molecule has 1 aliphatic rings. The Morgan fingerprint density at radius 2 is 1.86 bits per heavy atom. The maximum atomic E-state index is 13.8. The molecule has 3 rings (SSSR count). The van der Waals surface area contributed by atoms with Gasteiger partial charge >= 0.3 is 0 Å². The summed E-state index contributed by atoms with van der Waals surface area (Å²) >= 11 is 0. The van der Waals surface area contributed by atoms with E-state index in [-0.39, 0.29) is 6.54 Å². The summed E-state index contributed by atoms with van der Waals surface area (Å²) in [7, 11) is -4.14. The molecule has 0 spiro atoms. The van der Waals surface area contributed by atoms with E-state index < -0.39 is 26.6 Å². The van der Waals surface area contributed by atoms with Gasteiger partial charge < -0.3 is 5.73 Å². The number of nitrogens with zero attached hydrogens (tertiary/aromatic N) is 1. The molecule has 7 heteroatoms. The number of hydrogen-bond acceptors (Lipinski definition) is 3. The zero-order chi connectivity index (χ0) is 15.2. The van der Waals surface area contributed by atoms with E-state index in [1.165, 1.54) is 0 Å². The monoisotopic (exact) mass is 310 g/mol. The van der Waals surface area contributed by atoms with E-state index in [1.54, 1.807) is 18.2 Å². The maximum absolute atomic E-state index is 13.8. The van der Waals surface area contributed by atoms with Gasteiger partial charge in [0.15, 0.2) is 0 Å². The van der Waals surface area contributed by atoms with Crippen LogP contribution in [0.1, 0.15) is 5.56 Å². The predicted octanol–water partition coefficient (Wildman–Crippen LogP) is 2.30. The minimum Gasteiger partial charge on any atom is -0.399 e. The SMILES string of the molecule is Nc1ccc2c(c1)CCN2S(=O)(=O)c1cc(F)ccc1F. The molecule has 0 aliphatic carbocycles. The normalized spacial score (nSPS) is 14.3. The van der Waals surface area contributed by atoms with Crippen LogP contribution < -0.4 is 10.0 Å². The van der Waals surface area contributed by atoms with Gasteiger partial charge in [-0.3, -0.25) is 4.31 Å². The van der Waals surface area contributed by atoms with Gasteiger partial charge in [-0.05, 0) is 48.4 Å². The molecule has 0 amide bonds. The maximum Gasteiger partial charge on any atom is 0.267 e. The first-order valence-electron chi connectivity index (χ1n) is 6.26. The molecule has 0 bridgehead atoms. The van der Waals surface area contributed by atoms with Crippen molar-refractivity contribution in [3.8, 4) is 0 Å². The van der Waals surface area contributed by atoms with Gasteiger partial charge in [-0.1, -0.05) is 0 Å². The third-order valence-corrected chi connectivity index (χ3v) is 5.25. The minimum atomic E-state index is -4.14. The van der Waals surface area contributed by atoms with Crippen molar-refractivity contribution in [2.24, 2.45) is 0 Å². The molecule has 1 aliphatic heterocycles. The molecule has 2 aromatic carbocycles. The second-order valence-corrected chi connectivity index (χ2v) is 6.62. The lowest BCUT2D eigenvalue weighted by atomic mass is 10.1. The zero-order valence-electron chi connectivity index (χ0n) is 10.9. The van der Waals surface area contributed by atoms with Gasteiger partial charge in [0.05, 0.1) is 5.69 Å². The summed E-state index contributed by atoms with van der Waals surface area (Å²) in [6, 6.07) is 7.23. The molecular weight excluding hydrogens is 298 g/mol. The molecule has 0 unspecified atom stereocenters. The van der Waals surface area contributed by atoms with Crippen molar-refractivity contribution in [3.05, 3.63) is 53.6 Å². The molecule has 1 heterocycles. The Balaban J connectivity index is 2.11. The minimum absolute atomic E-state index is 0.178. The van der Waals surface area contributed by atoms with Crippen LogP contribution in [0.25, 0.3) is 0 Å². The average Bonchev–Trinajstić information content (AvgIpc) is 2.84. The summed E-state index contributed by atoms with van der Waals surface area (Å²) in [4.78, 5) is -0.660. The molecule has 4 nitrogen and oxygen atoms in total. The van der Waals surface area contributed by atoms with Crippen LogP contribution in [0.15, 0.2) is 41.3 Å². The molecule has 0 fully saturated rings. The number of halogens is 2. The van der Waals surface area contributed by atoms with Crippen LogP contribution in [-0.2, 0) is 16.4 Å². The average molecular weight is 310 g/mol. The molecule has 21 heavy (non-hydrogen) atoms. The Labute approximate surface area is 120 Å². The second kappa shape index (κ2) is 4.70. The number of fused-ring (bicyclic) bond motifs is 1. The predicted molar refractivity (Wildman–Crippen MR) is 75.4 cm³/mol. The van der Waals surface area contributed by atoms with Crippen molar-refractivity contribution >= 4 is 21.4 Å². The number of rotatable bonds is 2. The Morgan fingerprint density at radius 1 is 1.10 bits per heavy atom. The van der Waals surface area contributed by atoms with Crippen molar-refractivity contribution in [3.63, 3.8) is 0 Å². The second-order valence-electron chi connectivity index (χ2n) is 4.79. The molecule has 2 aromatic rings. The fourth-order valence-electron chi connectivity index (χ4n) is 2.43. The first-order valence-corrected chi connectivity index (χ1v) is 7.70. The zero-order valence-corrected chi connectivity index (χ0v) is 11.7. The van der Waals surface area contributed by atoms with Gasteiger partial charge in [-0.25, -0.2) is 17.2 Å². The summed E-state index contributed by atoms with van der Waals surface area (Å²) in [6.07, 6.45) is 0.483. The van der Waals surface area contributed by atoms with E-state index in [2.05, 4.69) is 0 Å². The van der Waals surface area contributed by atoms with E-state index in [0.717, 1.165) is 22.0 Å². The van der Waals surface area contributed by atoms with Crippen LogP contribution >= 0.6 is 0 Å². The van der Waals surface area contributed by atoms with Crippen LogP contribution in [0, 0.1) is 11.6 Å². The summed E-state index contributed by atoms with van der Waals surface area (Å²) in [5.41, 5.74) is 7.42. The van der Waals surface area contributed by atoms with Gasteiger partial charge in [0.25, 0.3) is 10.0 Å². The van der Waals surface area contributed by atoms with E-state index in [1.807, 2.05) is 0 Å². The van der Waals surface area contributed by atoms with Crippen molar-refractivity contribution in [1.82, 2.24) is 0 Å². The van der Waals surface area contributed by atoms with Crippen molar-refractivity contribution in [2.45, 2.75) is 11.3 Å². The summed E-state index contributed by atoms with van der Waals surface area (Å²) in [5, 5.41) is 0. The van der Waals surface area contributed by atoms with Crippen LogP contribution in [-0.4, -0.2) is 15.0 Å². The number of nitrogen functional groups attached to an aromatic ring is 1. The van der Waals surface area contributed by atoms with E-state index >= 15 is 0 Å². The highest BCUT2D eigenvalue weighted by Crippen LogP contribution is 2.34. The number of sulfonamides is 1.